The smallest absolute Gasteiger partial charge is 0.231 e. The van der Waals surface area contributed by atoms with Crippen molar-refractivity contribution < 1.29 is 14.3 Å². The molecule has 0 radical (unpaired) electrons. The fourth-order valence-corrected chi connectivity index (χ4v) is 4.07. The Bertz CT molecular complexity index is 1050. The van der Waals surface area contributed by atoms with Crippen LogP contribution in [0.5, 0.6) is 11.5 Å². The van der Waals surface area contributed by atoms with Crippen LogP contribution in [0.1, 0.15) is 29.7 Å². The van der Waals surface area contributed by atoms with Crippen LogP contribution in [0.25, 0.3) is 10.9 Å². The van der Waals surface area contributed by atoms with E-state index in [1.54, 1.807) is 0 Å². The van der Waals surface area contributed by atoms with Crippen LogP contribution in [-0.4, -0.2) is 23.4 Å². The van der Waals surface area contributed by atoms with Crippen molar-refractivity contribution in [2.45, 2.75) is 31.8 Å². The zero-order valence-electron chi connectivity index (χ0n) is 16.1. The van der Waals surface area contributed by atoms with E-state index in [4.69, 9.17) is 14.5 Å². The molecule has 1 aliphatic heterocycles. The highest BCUT2D eigenvalue weighted by molar-refractivity contribution is 7.99. The van der Waals surface area contributed by atoms with Crippen molar-refractivity contribution in [3.05, 3.63) is 59.2 Å². The molecule has 0 fully saturated rings. The lowest BCUT2D eigenvalue weighted by molar-refractivity contribution is -0.119. The van der Waals surface area contributed by atoms with Crippen molar-refractivity contribution in [3.8, 4) is 11.5 Å². The Morgan fingerprint density at radius 2 is 1.96 bits per heavy atom. The second-order valence-electron chi connectivity index (χ2n) is 6.94. The van der Waals surface area contributed by atoms with Crippen molar-refractivity contribution >= 4 is 28.6 Å². The summed E-state index contributed by atoms with van der Waals surface area (Å²) in [4.78, 5) is 17.2. The van der Waals surface area contributed by atoms with E-state index < -0.39 is 0 Å². The Morgan fingerprint density at radius 1 is 1.14 bits per heavy atom. The Hall–Kier alpha value is -2.73. The van der Waals surface area contributed by atoms with Gasteiger partial charge in [0.05, 0.1) is 22.3 Å². The molecule has 0 unspecified atom stereocenters. The number of rotatable bonds is 5. The molecule has 0 saturated carbocycles. The highest BCUT2D eigenvalue weighted by atomic mass is 32.2. The summed E-state index contributed by atoms with van der Waals surface area (Å²) in [6.45, 7) is 6.34. The minimum absolute atomic E-state index is 0.0282. The third kappa shape index (κ3) is 3.78. The number of nitrogens with one attached hydrogen (secondary N) is 1. The van der Waals surface area contributed by atoms with Gasteiger partial charge in [-0.3, -0.25) is 4.79 Å². The molecule has 0 saturated heterocycles. The third-order valence-electron chi connectivity index (χ3n) is 4.85. The topological polar surface area (TPSA) is 60.5 Å². The zero-order chi connectivity index (χ0) is 19.7. The first-order valence-electron chi connectivity index (χ1n) is 9.20. The van der Waals surface area contributed by atoms with Gasteiger partial charge in [-0.25, -0.2) is 4.98 Å². The van der Waals surface area contributed by atoms with Gasteiger partial charge in [-0.15, -0.1) is 0 Å². The molecule has 1 amide bonds. The van der Waals surface area contributed by atoms with Crippen LogP contribution in [-0.2, 0) is 4.79 Å². The second kappa shape index (κ2) is 7.72. The number of ether oxygens (including phenoxy) is 2. The maximum absolute atomic E-state index is 12.4. The first-order chi connectivity index (χ1) is 13.5. The van der Waals surface area contributed by atoms with Gasteiger partial charge < -0.3 is 14.8 Å². The average molecular weight is 394 g/mol. The van der Waals surface area contributed by atoms with Crippen molar-refractivity contribution in [2.24, 2.45) is 0 Å². The predicted octanol–water partition coefficient (Wildman–Crippen LogP) is 4.55. The molecule has 3 aromatic rings. The molecule has 5 nitrogen and oxygen atoms in total. The summed E-state index contributed by atoms with van der Waals surface area (Å²) in [6, 6.07) is 13.8. The number of aryl methyl sites for hydroxylation is 2. The lowest BCUT2D eigenvalue weighted by Gasteiger charge is -2.15. The van der Waals surface area contributed by atoms with E-state index in [1.807, 2.05) is 37.3 Å². The molecule has 0 spiro atoms. The summed E-state index contributed by atoms with van der Waals surface area (Å²) < 4.78 is 10.7. The van der Waals surface area contributed by atoms with Crippen molar-refractivity contribution in [2.75, 3.05) is 12.5 Å². The number of aromatic nitrogens is 1. The Kier molecular flexibility index (Phi) is 5.13. The lowest BCUT2D eigenvalue weighted by atomic mass is 10.1. The number of fused-ring (bicyclic) bond motifs is 2. The molecule has 0 aliphatic carbocycles. The van der Waals surface area contributed by atoms with Crippen LogP contribution in [0.4, 0.5) is 0 Å². The van der Waals surface area contributed by atoms with Crippen LogP contribution < -0.4 is 14.8 Å². The minimum atomic E-state index is -0.115. The van der Waals surface area contributed by atoms with Gasteiger partial charge in [0.15, 0.2) is 11.5 Å². The van der Waals surface area contributed by atoms with Crippen LogP contribution >= 0.6 is 11.8 Å². The summed E-state index contributed by atoms with van der Waals surface area (Å²) in [5, 5.41) is 5.06. The zero-order valence-corrected chi connectivity index (χ0v) is 16.9. The number of hydrogen-bond donors (Lipinski definition) is 1. The molecule has 1 aromatic heterocycles. The summed E-state index contributed by atoms with van der Waals surface area (Å²) in [5.41, 5.74) is 4.30. The second-order valence-corrected chi connectivity index (χ2v) is 7.93. The first kappa shape index (κ1) is 18.6. The quantitative estimate of drug-likeness (QED) is 0.644. The minimum Gasteiger partial charge on any atom is -0.454 e. The SMILES string of the molecule is Cc1cc(SCC(=O)N[C@@H](C)c2ccc3c(c2)OCO3)nc2c(C)cccc12. The molecule has 0 bridgehead atoms. The molecule has 144 valence electrons. The molecular weight excluding hydrogens is 372 g/mol. The predicted molar refractivity (Wildman–Crippen MR) is 111 cm³/mol. The summed E-state index contributed by atoms with van der Waals surface area (Å²) in [6.07, 6.45) is 0. The largest absolute Gasteiger partial charge is 0.454 e. The Labute approximate surface area is 168 Å². The number of amides is 1. The molecule has 1 atom stereocenters. The van der Waals surface area contributed by atoms with E-state index in [0.29, 0.717) is 5.75 Å². The van der Waals surface area contributed by atoms with Gasteiger partial charge in [-0.1, -0.05) is 36.0 Å². The van der Waals surface area contributed by atoms with Gasteiger partial charge in [0, 0.05) is 5.39 Å². The standard InChI is InChI=1S/C22H22N2O3S/c1-13-5-4-6-17-14(2)9-21(24-22(13)17)28-11-20(25)23-15(3)16-7-8-18-19(10-16)27-12-26-18/h4-10,15H,11-12H2,1-3H3,(H,23,25)/t15-/m0/s1. The highest BCUT2D eigenvalue weighted by Crippen LogP contribution is 2.34. The number of pyridine rings is 1. The van der Waals surface area contributed by atoms with Crippen LogP contribution in [0.3, 0.4) is 0 Å². The van der Waals surface area contributed by atoms with Gasteiger partial charge in [-0.05, 0) is 55.7 Å². The Morgan fingerprint density at radius 3 is 2.82 bits per heavy atom. The fraction of sp³-hybridized carbons (Fsp3) is 0.273. The monoisotopic (exact) mass is 394 g/mol. The maximum Gasteiger partial charge on any atom is 0.231 e. The molecular formula is C22H22N2O3S. The van der Waals surface area contributed by atoms with Crippen LogP contribution in [0, 0.1) is 13.8 Å². The van der Waals surface area contributed by atoms with Gasteiger partial charge in [-0.2, -0.15) is 0 Å². The van der Waals surface area contributed by atoms with E-state index in [-0.39, 0.29) is 18.7 Å². The number of nitrogens with zero attached hydrogens (tertiary/aromatic N) is 1. The lowest BCUT2D eigenvalue weighted by Crippen LogP contribution is -2.28. The number of thioether (sulfide) groups is 1. The third-order valence-corrected chi connectivity index (χ3v) is 5.76. The van der Waals surface area contributed by atoms with Gasteiger partial charge in [0.25, 0.3) is 0 Å². The molecule has 6 heteroatoms. The van der Waals surface area contributed by atoms with E-state index in [0.717, 1.165) is 38.6 Å². The molecule has 1 aliphatic rings. The molecule has 28 heavy (non-hydrogen) atoms. The van der Waals surface area contributed by atoms with Gasteiger partial charge in [0.2, 0.25) is 12.7 Å². The average Bonchev–Trinajstić information content (AvgIpc) is 3.15. The Balaban J connectivity index is 1.40. The van der Waals surface area contributed by atoms with Crippen molar-refractivity contribution in [1.29, 1.82) is 0 Å². The summed E-state index contributed by atoms with van der Waals surface area (Å²) in [5.74, 6) is 1.75. The summed E-state index contributed by atoms with van der Waals surface area (Å²) >= 11 is 1.46. The van der Waals surface area contributed by atoms with E-state index in [9.17, 15) is 4.79 Å². The van der Waals surface area contributed by atoms with E-state index in [1.165, 1.54) is 17.3 Å². The van der Waals surface area contributed by atoms with Crippen LogP contribution in [0.2, 0.25) is 0 Å². The van der Waals surface area contributed by atoms with Crippen molar-refractivity contribution in [3.63, 3.8) is 0 Å². The highest BCUT2D eigenvalue weighted by Gasteiger charge is 2.17. The molecule has 2 heterocycles. The number of hydrogen-bond acceptors (Lipinski definition) is 5. The molecule has 4 rings (SSSR count). The summed E-state index contributed by atoms with van der Waals surface area (Å²) in [7, 11) is 0. The van der Waals surface area contributed by atoms with E-state index >= 15 is 0 Å². The van der Waals surface area contributed by atoms with Gasteiger partial charge in [0.1, 0.15) is 0 Å². The van der Waals surface area contributed by atoms with Crippen LogP contribution in [0.15, 0.2) is 47.5 Å². The number of carbonyl (C=O) groups excluding carboxylic acids is 1. The first-order valence-corrected chi connectivity index (χ1v) is 10.2. The normalized spacial score (nSPS) is 13.5. The van der Waals surface area contributed by atoms with E-state index in [2.05, 4.69) is 31.3 Å². The number of benzene rings is 2. The number of para-hydroxylation sites is 1. The number of carbonyl (C=O) groups is 1. The van der Waals surface area contributed by atoms with Gasteiger partial charge >= 0.3 is 0 Å². The maximum atomic E-state index is 12.4. The fourth-order valence-electron chi connectivity index (χ4n) is 3.29. The molecule has 1 N–H and O–H groups in total. The van der Waals surface area contributed by atoms with Crippen molar-refractivity contribution in [1.82, 2.24) is 10.3 Å². The molecule has 2 aromatic carbocycles.